The quantitative estimate of drug-likeness (QED) is 0.146. The van der Waals surface area contributed by atoms with Gasteiger partial charge in [-0.15, -0.1) is 49.8 Å². The molecule has 0 fully saturated rings. The van der Waals surface area contributed by atoms with Gasteiger partial charge in [0, 0.05) is 37.2 Å². The Hall–Kier alpha value is -1.02. The Labute approximate surface area is 184 Å². The monoisotopic (exact) mass is 581 g/mol. The van der Waals surface area contributed by atoms with Crippen LogP contribution in [0.25, 0.3) is 0 Å². The maximum Gasteiger partial charge on any atom is 1.00 e. The first-order valence-corrected chi connectivity index (χ1v) is 9.82. The SMILES string of the molecule is Br.Br.C=CCP.F[P-](F)(F)(F)(F)F.[H+].c1cc[nH]c1.c1cc[nH]c1.c1cc[nH]c1. The molecular weight excluding hydrogens is 558 g/mol. The molecule has 0 radical (unpaired) electrons. The van der Waals surface area contributed by atoms with E-state index in [1.54, 1.807) is 0 Å². The Balaban J connectivity index is -0.0000000814. The second-order valence-corrected chi connectivity index (χ2v) is 6.53. The molecule has 3 nitrogen and oxygen atoms in total. The largest absolute Gasteiger partial charge is 1.00 e. The maximum absolute atomic E-state index is 10.7. The van der Waals surface area contributed by atoms with Crippen molar-refractivity contribution in [3.8, 4) is 0 Å². The van der Waals surface area contributed by atoms with Crippen LogP contribution >= 0.6 is 51.0 Å². The van der Waals surface area contributed by atoms with E-state index < -0.39 is 7.81 Å². The summed E-state index contributed by atoms with van der Waals surface area (Å²) in [6.45, 7) is 3.46. The third kappa shape index (κ3) is 64.0. The van der Waals surface area contributed by atoms with Gasteiger partial charge in [-0.3, -0.25) is 0 Å². The average molecular weight is 583 g/mol. The summed E-state index contributed by atoms with van der Waals surface area (Å²) < 4.78 is 59.2. The Morgan fingerprint density at radius 3 is 0.857 bits per heavy atom. The van der Waals surface area contributed by atoms with Crippen molar-refractivity contribution in [1.29, 1.82) is 0 Å². The normalized spacial score (nSPS) is 11.0. The van der Waals surface area contributed by atoms with Crippen molar-refractivity contribution in [2.24, 2.45) is 0 Å². The summed E-state index contributed by atoms with van der Waals surface area (Å²) >= 11 is 0. The molecule has 0 aliphatic heterocycles. The van der Waals surface area contributed by atoms with Gasteiger partial charge in [-0.2, -0.15) is 0 Å². The van der Waals surface area contributed by atoms with Gasteiger partial charge in [-0.05, 0) is 42.6 Å². The number of hydrogen-bond acceptors (Lipinski definition) is 0. The van der Waals surface area contributed by atoms with Crippen LogP contribution in [0.1, 0.15) is 1.43 Å². The fourth-order valence-electron chi connectivity index (χ4n) is 0.833. The molecule has 0 amide bonds. The Morgan fingerprint density at radius 2 is 0.821 bits per heavy atom. The molecule has 3 heterocycles. The number of allylic oxidation sites excluding steroid dienone is 1. The zero-order chi connectivity index (χ0) is 20.4. The third-order valence-corrected chi connectivity index (χ3v) is 1.99. The summed E-state index contributed by atoms with van der Waals surface area (Å²) in [4.78, 5) is 8.58. The van der Waals surface area contributed by atoms with E-state index in [0.717, 1.165) is 6.16 Å². The van der Waals surface area contributed by atoms with Gasteiger partial charge >= 0.3 is 34.4 Å². The third-order valence-electron chi connectivity index (χ3n) is 1.65. The molecule has 3 aromatic rings. The zero-order valence-corrected chi connectivity index (χ0v) is 20.0. The van der Waals surface area contributed by atoms with Crippen molar-refractivity contribution >= 4 is 51.0 Å². The number of rotatable bonds is 1. The van der Waals surface area contributed by atoms with E-state index in [0.29, 0.717) is 0 Å². The Morgan fingerprint density at radius 1 is 0.679 bits per heavy atom. The summed E-state index contributed by atoms with van der Waals surface area (Å²) in [6, 6.07) is 11.7. The minimum absolute atomic E-state index is 0. The van der Waals surface area contributed by atoms with E-state index >= 15 is 0 Å². The van der Waals surface area contributed by atoms with Crippen LogP contribution in [-0.2, 0) is 0 Å². The van der Waals surface area contributed by atoms with E-state index in [2.05, 4.69) is 30.8 Å². The topological polar surface area (TPSA) is 47.4 Å². The van der Waals surface area contributed by atoms with Crippen LogP contribution in [0.5, 0.6) is 0 Å². The van der Waals surface area contributed by atoms with E-state index in [9.17, 15) is 25.2 Å². The zero-order valence-electron chi connectivity index (χ0n) is 15.5. The number of nitrogens with one attached hydrogen (secondary N) is 3. The molecule has 28 heavy (non-hydrogen) atoms. The number of aromatic nitrogens is 3. The van der Waals surface area contributed by atoms with E-state index in [4.69, 9.17) is 0 Å². The number of hydrogen-bond donors (Lipinski definition) is 3. The molecule has 0 aliphatic carbocycles. The molecule has 0 saturated carbocycles. The molecule has 3 rings (SSSR count). The minimum atomic E-state index is -10.7. The first-order valence-electron chi connectivity index (χ1n) is 6.97. The summed E-state index contributed by atoms with van der Waals surface area (Å²) in [5, 5.41) is 0. The van der Waals surface area contributed by atoms with Crippen LogP contribution in [0.2, 0.25) is 0 Å². The number of H-pyrrole nitrogens is 3. The van der Waals surface area contributed by atoms with Crippen LogP contribution in [0.15, 0.2) is 86.2 Å². The van der Waals surface area contributed by atoms with Crippen LogP contribution in [-0.4, -0.2) is 21.1 Å². The van der Waals surface area contributed by atoms with E-state index in [1.165, 1.54) is 0 Å². The molecule has 0 saturated heterocycles. The second kappa shape index (κ2) is 16.9. The molecule has 3 N–H and O–H groups in total. The van der Waals surface area contributed by atoms with Crippen LogP contribution in [0.4, 0.5) is 25.2 Å². The molecule has 166 valence electrons. The first-order chi connectivity index (χ1) is 11.9. The van der Waals surface area contributed by atoms with Gasteiger partial charge in [0.2, 0.25) is 0 Å². The Kier molecular flexibility index (Phi) is 20.8. The van der Waals surface area contributed by atoms with Crippen molar-refractivity contribution in [3.63, 3.8) is 0 Å². The van der Waals surface area contributed by atoms with E-state index in [1.807, 2.05) is 79.7 Å². The van der Waals surface area contributed by atoms with Crippen molar-refractivity contribution in [2.75, 3.05) is 6.16 Å². The molecule has 0 aromatic carbocycles. The first kappa shape index (κ1) is 34.5. The molecule has 0 aliphatic rings. The minimum Gasteiger partial charge on any atom is -0.368 e. The molecule has 1 atom stereocenters. The van der Waals surface area contributed by atoms with Gasteiger partial charge in [-0.25, -0.2) is 0 Å². The van der Waals surface area contributed by atoms with Gasteiger partial charge in [0.05, 0.1) is 0 Å². The summed E-state index contributed by atoms with van der Waals surface area (Å²) in [7, 11) is -8.12. The van der Waals surface area contributed by atoms with Gasteiger partial charge < -0.3 is 15.0 Å². The maximum atomic E-state index is 9.87. The summed E-state index contributed by atoms with van der Waals surface area (Å²) in [6.07, 6.45) is 14.1. The van der Waals surface area contributed by atoms with Crippen LogP contribution in [0, 0.1) is 0 Å². The molecule has 0 spiro atoms. The van der Waals surface area contributed by atoms with Crippen molar-refractivity contribution in [1.82, 2.24) is 15.0 Å². The average Bonchev–Trinajstić information content (AvgIpc) is 3.33. The van der Waals surface area contributed by atoms with Crippen LogP contribution in [0.3, 0.4) is 0 Å². The fraction of sp³-hybridized carbons (Fsp3) is 0.0667. The second-order valence-electron chi connectivity index (χ2n) is 4.14. The predicted molar refractivity (Wildman–Crippen MR) is 122 cm³/mol. The van der Waals surface area contributed by atoms with Crippen molar-refractivity contribution in [3.05, 3.63) is 86.2 Å². The van der Waals surface area contributed by atoms with Gasteiger partial charge in [0.1, 0.15) is 0 Å². The van der Waals surface area contributed by atoms with Gasteiger partial charge in [-0.1, -0.05) is 6.08 Å². The molecular formula is C15H25Br2F6N3P2. The standard InChI is InChI=1S/3C4H5N.C3H7P.2BrH.F6P/c3*1-2-4-5-3-1;1-2-3-4;;;1-7(2,3,4,5)6/h3*1-5H;2H,1,3-4H2;2*1H;/q;;;;;;-1/p+1. The van der Waals surface area contributed by atoms with Crippen LogP contribution < -0.4 is 0 Å². The summed E-state index contributed by atoms with van der Waals surface area (Å²) in [5.74, 6) is 0. The predicted octanol–water partition coefficient (Wildman–Crippen LogP) is 8.74. The smallest absolute Gasteiger partial charge is 0.368 e. The number of halogens is 8. The van der Waals surface area contributed by atoms with E-state index in [-0.39, 0.29) is 35.4 Å². The fourth-order valence-corrected chi connectivity index (χ4v) is 0.833. The molecule has 13 heteroatoms. The number of aromatic amines is 3. The Bertz CT molecular complexity index is 497. The van der Waals surface area contributed by atoms with Crippen molar-refractivity contribution in [2.45, 2.75) is 0 Å². The molecule has 0 bridgehead atoms. The van der Waals surface area contributed by atoms with Crippen molar-refractivity contribution < 1.29 is 26.6 Å². The van der Waals surface area contributed by atoms with Gasteiger partial charge in [0.25, 0.3) is 0 Å². The molecule has 1 unspecified atom stereocenters. The van der Waals surface area contributed by atoms with Gasteiger partial charge in [0.15, 0.2) is 0 Å². The summed E-state index contributed by atoms with van der Waals surface area (Å²) in [5.41, 5.74) is 0. The molecule has 3 aromatic heterocycles.